The fraction of sp³-hybridized carbons (Fsp3) is 0.393. The summed E-state index contributed by atoms with van der Waals surface area (Å²) >= 11 is 0. The maximum Gasteiger partial charge on any atom is 0.243 e. The number of nitrogens with one attached hydrogen (secondary N) is 1. The van der Waals surface area contributed by atoms with Crippen molar-refractivity contribution in [3.05, 3.63) is 82.9 Å². The van der Waals surface area contributed by atoms with Crippen LogP contribution >= 0.6 is 0 Å². The number of likely N-dealkylation sites (tertiary alicyclic amines) is 1. The maximum atomic E-state index is 13.1. The molecule has 2 aromatic rings. The van der Waals surface area contributed by atoms with Gasteiger partial charge in [0, 0.05) is 18.4 Å². The van der Waals surface area contributed by atoms with Crippen LogP contribution in [0.1, 0.15) is 60.3 Å². The Morgan fingerprint density at radius 3 is 1.97 bits per heavy atom. The average Bonchev–Trinajstić information content (AvgIpc) is 3.12. The molecule has 7 rings (SSSR count). The van der Waals surface area contributed by atoms with Crippen LogP contribution in [0.15, 0.2) is 60.7 Å². The fourth-order valence-electron chi connectivity index (χ4n) is 6.66. The number of imide groups is 1. The topological polar surface area (TPSA) is 66.5 Å². The van der Waals surface area contributed by atoms with E-state index >= 15 is 0 Å². The third kappa shape index (κ3) is 3.01. The van der Waals surface area contributed by atoms with Gasteiger partial charge in [-0.1, -0.05) is 60.7 Å². The van der Waals surface area contributed by atoms with Crippen LogP contribution in [0.5, 0.6) is 0 Å². The molecule has 0 radical (unpaired) electrons. The average molecular weight is 441 g/mol. The molecule has 0 spiro atoms. The first-order valence-electron chi connectivity index (χ1n) is 12.0. The molecule has 1 N–H and O–H groups in total. The van der Waals surface area contributed by atoms with E-state index in [9.17, 15) is 14.4 Å². The number of allylic oxidation sites excluding steroid dienone is 2. The van der Waals surface area contributed by atoms with Gasteiger partial charge in [0.05, 0.1) is 11.8 Å². The summed E-state index contributed by atoms with van der Waals surface area (Å²) in [7, 11) is 0. The summed E-state index contributed by atoms with van der Waals surface area (Å²) in [5, 5.41) is 3.10. The number of fused-ring (bicyclic) bond motifs is 2. The smallest absolute Gasteiger partial charge is 0.243 e. The monoisotopic (exact) mass is 440 g/mol. The Hall–Kier alpha value is -3.21. The molecule has 5 aliphatic rings. The molecule has 1 aliphatic heterocycles. The molecule has 0 aromatic heterocycles. The molecule has 2 aromatic carbocycles. The minimum atomic E-state index is -0.782. The summed E-state index contributed by atoms with van der Waals surface area (Å²) in [6.45, 7) is 2.21. The van der Waals surface area contributed by atoms with Crippen molar-refractivity contribution in [3.63, 3.8) is 0 Å². The minimum Gasteiger partial charge on any atom is -0.354 e. The first-order valence-corrected chi connectivity index (χ1v) is 12.0. The molecule has 4 atom stereocenters. The van der Waals surface area contributed by atoms with Gasteiger partial charge >= 0.3 is 0 Å². The molecule has 1 fully saturated rings. The number of benzene rings is 2. The van der Waals surface area contributed by atoms with E-state index in [4.69, 9.17) is 0 Å². The molecule has 4 aliphatic carbocycles. The van der Waals surface area contributed by atoms with Crippen molar-refractivity contribution in [3.8, 4) is 0 Å². The number of rotatable bonds is 4. The SMILES string of the molecule is C[C@H](C(=O)NC[C@@H]1CC2c3ccccc3C1c1ccccc12)N1C(=O)[C@H]2CC=CC[C@@H]2C1=O. The molecular weight excluding hydrogens is 412 g/mol. The van der Waals surface area contributed by atoms with Crippen molar-refractivity contribution < 1.29 is 14.4 Å². The van der Waals surface area contributed by atoms with E-state index in [-0.39, 0.29) is 41.4 Å². The summed E-state index contributed by atoms with van der Waals surface area (Å²) in [4.78, 5) is 40.1. The second kappa shape index (κ2) is 7.68. The highest BCUT2D eigenvalue weighted by Crippen LogP contribution is 2.55. The lowest BCUT2D eigenvalue weighted by molar-refractivity contribution is -0.147. The third-order valence-corrected chi connectivity index (χ3v) is 8.27. The van der Waals surface area contributed by atoms with Crippen LogP contribution in [-0.2, 0) is 14.4 Å². The molecule has 0 saturated carbocycles. The number of hydrogen-bond acceptors (Lipinski definition) is 3. The van der Waals surface area contributed by atoms with Crippen molar-refractivity contribution in [2.24, 2.45) is 17.8 Å². The zero-order valence-corrected chi connectivity index (χ0v) is 18.7. The van der Waals surface area contributed by atoms with E-state index in [0.717, 1.165) is 6.42 Å². The largest absolute Gasteiger partial charge is 0.354 e. The van der Waals surface area contributed by atoms with Crippen LogP contribution in [0, 0.1) is 17.8 Å². The predicted molar refractivity (Wildman–Crippen MR) is 124 cm³/mol. The zero-order valence-electron chi connectivity index (χ0n) is 18.7. The second-order valence-electron chi connectivity index (χ2n) is 9.91. The summed E-state index contributed by atoms with van der Waals surface area (Å²) in [6, 6.07) is 16.5. The van der Waals surface area contributed by atoms with E-state index < -0.39 is 6.04 Å². The van der Waals surface area contributed by atoms with Gasteiger partial charge in [-0.25, -0.2) is 0 Å². The Balaban J connectivity index is 1.19. The van der Waals surface area contributed by atoms with Crippen molar-refractivity contribution in [1.82, 2.24) is 10.2 Å². The van der Waals surface area contributed by atoms with Gasteiger partial charge in [0.2, 0.25) is 17.7 Å². The van der Waals surface area contributed by atoms with Gasteiger partial charge in [-0.05, 0) is 54.4 Å². The van der Waals surface area contributed by atoms with E-state index in [2.05, 4.69) is 53.8 Å². The number of amides is 3. The van der Waals surface area contributed by atoms with E-state index in [1.54, 1.807) is 6.92 Å². The Labute approximate surface area is 193 Å². The van der Waals surface area contributed by atoms with Crippen molar-refractivity contribution in [1.29, 1.82) is 0 Å². The van der Waals surface area contributed by atoms with Crippen LogP contribution in [0.4, 0.5) is 0 Å². The van der Waals surface area contributed by atoms with E-state index in [0.29, 0.717) is 25.3 Å². The van der Waals surface area contributed by atoms with Gasteiger partial charge in [0.1, 0.15) is 6.04 Å². The lowest BCUT2D eigenvalue weighted by Crippen LogP contribution is -2.50. The standard InChI is InChI=1S/C28H28N2O3/c1-16(30-27(32)22-12-6-7-13-23(22)28(30)33)26(31)29-15-17-14-24-18-8-2-4-10-20(18)25(17)21-11-5-3-9-19(21)24/h2-11,16-17,22-25H,12-15H2,1H3,(H,29,31)/t16-,17+,22+,23+,24?,25?/m1/s1. The number of hydrogen-bond donors (Lipinski definition) is 1. The molecule has 33 heavy (non-hydrogen) atoms. The number of carbonyl (C=O) groups is 3. The van der Waals surface area contributed by atoms with Crippen molar-refractivity contribution in [2.75, 3.05) is 6.54 Å². The minimum absolute atomic E-state index is 0.198. The molecule has 3 amide bonds. The molecular formula is C28H28N2O3. The Morgan fingerprint density at radius 1 is 0.909 bits per heavy atom. The maximum absolute atomic E-state index is 13.1. The lowest BCUT2D eigenvalue weighted by Gasteiger charge is -2.45. The molecule has 5 heteroatoms. The number of nitrogens with zero attached hydrogens (tertiary/aromatic N) is 1. The summed E-state index contributed by atoms with van der Waals surface area (Å²) in [6.07, 6.45) is 6.10. The van der Waals surface area contributed by atoms with Crippen molar-refractivity contribution >= 4 is 17.7 Å². The van der Waals surface area contributed by atoms with Gasteiger partial charge in [0.15, 0.2) is 0 Å². The quantitative estimate of drug-likeness (QED) is 0.582. The Bertz CT molecular complexity index is 1110. The highest BCUT2D eigenvalue weighted by molar-refractivity contribution is 6.08. The Morgan fingerprint density at radius 2 is 1.42 bits per heavy atom. The molecule has 0 unspecified atom stereocenters. The zero-order chi connectivity index (χ0) is 22.7. The second-order valence-corrected chi connectivity index (χ2v) is 9.91. The van der Waals surface area contributed by atoms with Gasteiger partial charge in [-0.15, -0.1) is 0 Å². The van der Waals surface area contributed by atoms with Crippen LogP contribution in [0.3, 0.4) is 0 Å². The third-order valence-electron chi connectivity index (χ3n) is 8.27. The fourth-order valence-corrected chi connectivity index (χ4v) is 6.66. The molecule has 1 saturated heterocycles. The van der Waals surface area contributed by atoms with Crippen LogP contribution in [0.25, 0.3) is 0 Å². The van der Waals surface area contributed by atoms with Gasteiger partial charge in [-0.2, -0.15) is 0 Å². The summed E-state index contributed by atoms with van der Waals surface area (Å²) < 4.78 is 0. The molecule has 1 heterocycles. The highest BCUT2D eigenvalue weighted by atomic mass is 16.2. The van der Waals surface area contributed by atoms with Crippen LogP contribution < -0.4 is 5.32 Å². The van der Waals surface area contributed by atoms with Gasteiger partial charge < -0.3 is 5.32 Å². The van der Waals surface area contributed by atoms with Gasteiger partial charge in [-0.3, -0.25) is 19.3 Å². The summed E-state index contributed by atoms with van der Waals surface area (Å²) in [5.74, 6) is -0.368. The summed E-state index contributed by atoms with van der Waals surface area (Å²) in [5.41, 5.74) is 5.53. The van der Waals surface area contributed by atoms with E-state index in [1.165, 1.54) is 27.2 Å². The van der Waals surface area contributed by atoms with E-state index in [1.807, 2.05) is 12.2 Å². The van der Waals surface area contributed by atoms with Crippen molar-refractivity contribution in [2.45, 2.75) is 44.1 Å². The lowest BCUT2D eigenvalue weighted by atomic mass is 9.59. The predicted octanol–water partition coefficient (Wildman–Crippen LogP) is 3.74. The molecule has 168 valence electrons. The van der Waals surface area contributed by atoms with Crippen LogP contribution in [-0.4, -0.2) is 35.2 Å². The first-order chi connectivity index (χ1) is 16.1. The first kappa shape index (κ1) is 20.4. The van der Waals surface area contributed by atoms with Gasteiger partial charge in [0.25, 0.3) is 0 Å². The molecule has 5 nitrogen and oxygen atoms in total. The highest BCUT2D eigenvalue weighted by Gasteiger charge is 2.50. The molecule has 2 bridgehead atoms. The normalized spacial score (nSPS) is 30.0. The number of carbonyl (C=O) groups excluding carboxylic acids is 3. The Kier molecular flexibility index (Phi) is 4.75. The van der Waals surface area contributed by atoms with Crippen LogP contribution in [0.2, 0.25) is 0 Å².